The molecular formula is C86H168O17P2. The first-order valence-corrected chi connectivity index (χ1v) is 47.6. The molecule has 0 heterocycles. The Morgan fingerprint density at radius 1 is 0.257 bits per heavy atom. The molecule has 0 fully saturated rings. The Kier molecular flexibility index (Phi) is 77.3. The lowest BCUT2D eigenvalue weighted by Crippen LogP contribution is -2.30. The van der Waals surface area contributed by atoms with E-state index in [4.69, 9.17) is 37.0 Å². The van der Waals surface area contributed by atoms with Crippen LogP contribution in [0.5, 0.6) is 0 Å². The fraction of sp³-hybridized carbons (Fsp3) is 0.953. The maximum Gasteiger partial charge on any atom is 0.472 e. The van der Waals surface area contributed by atoms with Gasteiger partial charge < -0.3 is 33.8 Å². The summed E-state index contributed by atoms with van der Waals surface area (Å²) in [5.74, 6) is -1.29. The fourth-order valence-electron chi connectivity index (χ4n) is 13.5. The van der Waals surface area contributed by atoms with Crippen molar-refractivity contribution >= 4 is 39.5 Å². The number of ether oxygens (including phenoxy) is 4. The minimum atomic E-state index is -4.96. The first kappa shape index (κ1) is 103. The molecule has 0 saturated carbocycles. The Labute approximate surface area is 645 Å². The van der Waals surface area contributed by atoms with E-state index in [0.29, 0.717) is 25.7 Å². The molecule has 5 atom stereocenters. The molecule has 0 amide bonds. The van der Waals surface area contributed by atoms with Gasteiger partial charge in [-0.25, -0.2) is 9.13 Å². The molecular weight excluding hydrogens is 1370 g/mol. The summed E-state index contributed by atoms with van der Waals surface area (Å²) in [6.45, 7) is 7.37. The largest absolute Gasteiger partial charge is 0.472 e. The molecule has 0 radical (unpaired) electrons. The van der Waals surface area contributed by atoms with Gasteiger partial charge in [0, 0.05) is 25.7 Å². The van der Waals surface area contributed by atoms with Crippen LogP contribution in [0.4, 0.5) is 0 Å². The lowest BCUT2D eigenvalue weighted by Gasteiger charge is -2.21. The van der Waals surface area contributed by atoms with Gasteiger partial charge in [-0.3, -0.25) is 37.3 Å². The van der Waals surface area contributed by atoms with Crippen molar-refractivity contribution in [3.63, 3.8) is 0 Å². The number of aliphatic hydroxyl groups excluding tert-OH is 1. The third kappa shape index (κ3) is 79.9. The van der Waals surface area contributed by atoms with Crippen LogP contribution in [-0.4, -0.2) is 96.7 Å². The van der Waals surface area contributed by atoms with Crippen molar-refractivity contribution in [3.8, 4) is 0 Å². The number of unbranched alkanes of at least 4 members (excludes halogenated alkanes) is 58. The first-order chi connectivity index (χ1) is 51.0. The van der Waals surface area contributed by atoms with Crippen molar-refractivity contribution in [2.45, 2.75) is 483 Å². The second-order valence-corrected chi connectivity index (χ2v) is 34.3. The molecule has 0 aliphatic rings. The number of hydrogen-bond acceptors (Lipinski definition) is 15. The van der Waals surface area contributed by atoms with Crippen molar-refractivity contribution in [2.75, 3.05) is 39.6 Å². The Hall–Kier alpha value is -1.94. The number of phosphoric acid groups is 2. The number of rotatable bonds is 86. The van der Waals surface area contributed by atoms with Crippen LogP contribution in [0.2, 0.25) is 0 Å². The number of hydrogen-bond donors (Lipinski definition) is 3. The standard InChI is InChI=1S/C86H168O17P2/c1-6-9-12-15-18-21-23-25-27-29-30-31-32-33-34-40-44-48-52-57-62-67-72-86(91)103-82(76-97-84(89)70-65-60-55-50-46-42-39-36-35-37-41-45-49-53-58-63-68-79(4)5)78-101-105(94,95)99-74-80(87)73-98-104(92,93)100-77-81(75-96-83(88)69-64-59-54-20-17-14-11-8-3)102-85(90)71-66-61-56-51-47-43-38-28-26-24-22-19-16-13-10-7-2/h79-82,87H,6-78H2,1-5H3,(H,92,93)(H,94,95)/t80-,81+,82+/m0/s1. The molecule has 105 heavy (non-hydrogen) atoms. The summed E-state index contributed by atoms with van der Waals surface area (Å²) in [6, 6.07) is 0. The van der Waals surface area contributed by atoms with Crippen molar-refractivity contribution in [2.24, 2.45) is 5.92 Å². The molecule has 0 saturated heterocycles. The molecule has 0 aromatic rings. The summed E-state index contributed by atoms with van der Waals surface area (Å²) in [5.41, 5.74) is 0. The zero-order valence-corrected chi connectivity index (χ0v) is 70.7. The van der Waals surface area contributed by atoms with E-state index in [9.17, 15) is 43.2 Å². The van der Waals surface area contributed by atoms with E-state index in [1.54, 1.807) is 0 Å². The van der Waals surface area contributed by atoms with Gasteiger partial charge in [-0.15, -0.1) is 0 Å². The smallest absolute Gasteiger partial charge is 0.462 e. The maximum atomic E-state index is 13.1. The number of esters is 4. The third-order valence-corrected chi connectivity index (χ3v) is 22.2. The molecule has 624 valence electrons. The molecule has 0 rings (SSSR count). The molecule has 19 heteroatoms. The molecule has 0 aromatic heterocycles. The highest BCUT2D eigenvalue weighted by molar-refractivity contribution is 7.47. The topological polar surface area (TPSA) is 237 Å². The zero-order valence-electron chi connectivity index (χ0n) is 68.9. The van der Waals surface area contributed by atoms with Gasteiger partial charge in [-0.2, -0.15) is 0 Å². The molecule has 2 unspecified atom stereocenters. The lowest BCUT2D eigenvalue weighted by atomic mass is 10.0. The van der Waals surface area contributed by atoms with Crippen molar-refractivity contribution in [1.29, 1.82) is 0 Å². The number of phosphoric ester groups is 2. The van der Waals surface area contributed by atoms with Gasteiger partial charge in [0.2, 0.25) is 0 Å². The molecule has 17 nitrogen and oxygen atoms in total. The van der Waals surface area contributed by atoms with Crippen molar-refractivity contribution in [3.05, 3.63) is 0 Å². The first-order valence-electron chi connectivity index (χ1n) is 44.6. The van der Waals surface area contributed by atoms with Gasteiger partial charge in [0.05, 0.1) is 26.4 Å². The number of aliphatic hydroxyl groups is 1. The SMILES string of the molecule is CCCCCCCCCCCCCCCCCCCCCCCCC(=O)O[C@H](COC(=O)CCCCCCCCCCCCCCCCCCC(C)C)COP(=O)(O)OC[C@@H](O)COP(=O)(O)OC[C@@H](COC(=O)CCCCCCCCCC)OC(=O)CCCCCCCCCCCCCCCCCC. The highest BCUT2D eigenvalue weighted by atomic mass is 31.2. The maximum absolute atomic E-state index is 13.1. The van der Waals surface area contributed by atoms with E-state index < -0.39 is 97.5 Å². The van der Waals surface area contributed by atoms with Gasteiger partial charge in [-0.1, -0.05) is 413 Å². The van der Waals surface area contributed by atoms with Crippen LogP contribution in [-0.2, 0) is 65.4 Å². The minimum Gasteiger partial charge on any atom is -0.462 e. The fourth-order valence-corrected chi connectivity index (χ4v) is 15.1. The summed E-state index contributed by atoms with van der Waals surface area (Å²) in [4.78, 5) is 73.1. The number of carbonyl (C=O) groups is 4. The molecule has 3 N–H and O–H groups in total. The zero-order chi connectivity index (χ0) is 76.9. The van der Waals surface area contributed by atoms with E-state index in [0.717, 1.165) is 95.8 Å². The van der Waals surface area contributed by atoms with Crippen LogP contribution in [0, 0.1) is 5.92 Å². The van der Waals surface area contributed by atoms with Crippen molar-refractivity contribution < 1.29 is 80.2 Å². The predicted molar refractivity (Wildman–Crippen MR) is 432 cm³/mol. The third-order valence-electron chi connectivity index (χ3n) is 20.3. The second-order valence-electron chi connectivity index (χ2n) is 31.4. The Bertz CT molecular complexity index is 2000. The Morgan fingerprint density at radius 3 is 0.648 bits per heavy atom. The van der Waals surface area contributed by atoms with E-state index in [1.807, 2.05) is 0 Å². The van der Waals surface area contributed by atoms with Gasteiger partial charge in [0.1, 0.15) is 19.3 Å². The van der Waals surface area contributed by atoms with Crippen LogP contribution < -0.4 is 0 Å². The summed E-state index contributed by atoms with van der Waals surface area (Å²) in [6.07, 6.45) is 72.4. The quantitative estimate of drug-likeness (QED) is 0.0222. The van der Waals surface area contributed by atoms with Crippen LogP contribution >= 0.6 is 15.6 Å². The van der Waals surface area contributed by atoms with Crippen LogP contribution in [0.15, 0.2) is 0 Å². The average molecular weight is 1540 g/mol. The molecule has 0 aliphatic carbocycles. The highest BCUT2D eigenvalue weighted by Gasteiger charge is 2.30. The predicted octanol–water partition coefficient (Wildman–Crippen LogP) is 26.4. The molecule has 0 bridgehead atoms. The van der Waals surface area contributed by atoms with Crippen molar-refractivity contribution in [1.82, 2.24) is 0 Å². The Balaban J connectivity index is 5.18. The van der Waals surface area contributed by atoms with E-state index >= 15 is 0 Å². The van der Waals surface area contributed by atoms with Gasteiger partial charge in [0.25, 0.3) is 0 Å². The normalized spacial score (nSPS) is 13.8. The van der Waals surface area contributed by atoms with Gasteiger partial charge in [0.15, 0.2) is 12.2 Å². The monoisotopic (exact) mass is 1540 g/mol. The average Bonchev–Trinajstić information content (AvgIpc) is 0.909. The summed E-state index contributed by atoms with van der Waals surface area (Å²) in [7, 11) is -9.92. The molecule has 0 spiro atoms. The van der Waals surface area contributed by atoms with Gasteiger partial charge >= 0.3 is 39.5 Å². The summed E-state index contributed by atoms with van der Waals surface area (Å²) >= 11 is 0. The lowest BCUT2D eigenvalue weighted by molar-refractivity contribution is -0.161. The van der Waals surface area contributed by atoms with E-state index in [1.165, 1.54) is 289 Å². The summed E-state index contributed by atoms with van der Waals surface area (Å²) < 4.78 is 68.8. The Morgan fingerprint density at radius 2 is 0.438 bits per heavy atom. The molecule has 0 aliphatic heterocycles. The van der Waals surface area contributed by atoms with E-state index in [-0.39, 0.29) is 25.7 Å². The number of carbonyl (C=O) groups excluding carboxylic acids is 4. The minimum absolute atomic E-state index is 0.109. The van der Waals surface area contributed by atoms with Gasteiger partial charge in [-0.05, 0) is 31.6 Å². The highest BCUT2D eigenvalue weighted by Crippen LogP contribution is 2.45. The van der Waals surface area contributed by atoms with Crippen LogP contribution in [0.3, 0.4) is 0 Å². The molecule has 0 aromatic carbocycles. The van der Waals surface area contributed by atoms with E-state index in [2.05, 4.69) is 34.6 Å². The second kappa shape index (κ2) is 78.7. The summed E-state index contributed by atoms with van der Waals surface area (Å²) in [5, 5.41) is 10.7. The van der Waals surface area contributed by atoms with Crippen LogP contribution in [0.1, 0.15) is 465 Å². The van der Waals surface area contributed by atoms with Crippen LogP contribution in [0.25, 0.3) is 0 Å².